The molecule has 168 valence electrons. The first kappa shape index (κ1) is 21.9. The SMILES string of the molecule is O=C(N[C@@H]1CCCC[C@H]1C(=O)N[C@@H](Cc1ccccc1)C(=O)O)C1CNc2ccccc21. The third-order valence-electron chi connectivity index (χ3n) is 6.48. The van der Waals surface area contributed by atoms with Crippen molar-refractivity contribution in [3.8, 4) is 0 Å². The highest BCUT2D eigenvalue weighted by atomic mass is 16.4. The molecule has 4 N–H and O–H groups in total. The first-order valence-electron chi connectivity index (χ1n) is 11.2. The van der Waals surface area contributed by atoms with Crippen LogP contribution >= 0.6 is 0 Å². The number of benzene rings is 2. The first-order chi connectivity index (χ1) is 15.5. The van der Waals surface area contributed by atoms with Crippen LogP contribution in [0, 0.1) is 5.92 Å². The number of carboxylic acids is 1. The number of carbonyl (C=O) groups excluding carboxylic acids is 2. The van der Waals surface area contributed by atoms with Gasteiger partial charge in [0.2, 0.25) is 11.8 Å². The smallest absolute Gasteiger partial charge is 0.326 e. The summed E-state index contributed by atoms with van der Waals surface area (Å²) in [5, 5.41) is 18.7. The number of nitrogens with one attached hydrogen (secondary N) is 3. The number of carbonyl (C=O) groups is 3. The molecule has 0 radical (unpaired) electrons. The molecule has 2 aliphatic rings. The van der Waals surface area contributed by atoms with Gasteiger partial charge in [0.1, 0.15) is 6.04 Å². The fourth-order valence-corrected chi connectivity index (χ4v) is 4.75. The summed E-state index contributed by atoms with van der Waals surface area (Å²) in [6.07, 6.45) is 3.38. The molecule has 7 nitrogen and oxygen atoms in total. The second kappa shape index (κ2) is 9.85. The molecule has 1 unspecified atom stereocenters. The number of fused-ring (bicyclic) bond motifs is 1. The van der Waals surface area contributed by atoms with Gasteiger partial charge in [-0.3, -0.25) is 9.59 Å². The van der Waals surface area contributed by atoms with Crippen molar-refractivity contribution in [1.82, 2.24) is 10.6 Å². The largest absolute Gasteiger partial charge is 0.480 e. The van der Waals surface area contributed by atoms with Gasteiger partial charge in [0, 0.05) is 24.7 Å². The first-order valence-corrected chi connectivity index (χ1v) is 11.2. The topological polar surface area (TPSA) is 108 Å². The number of anilines is 1. The molecule has 0 saturated heterocycles. The predicted molar refractivity (Wildman–Crippen MR) is 121 cm³/mol. The Balaban J connectivity index is 1.41. The van der Waals surface area contributed by atoms with Crippen molar-refractivity contribution in [3.05, 3.63) is 65.7 Å². The van der Waals surface area contributed by atoms with Crippen LogP contribution in [0.1, 0.15) is 42.7 Å². The molecule has 1 fully saturated rings. The van der Waals surface area contributed by atoms with Gasteiger partial charge in [-0.25, -0.2) is 4.79 Å². The zero-order valence-electron chi connectivity index (χ0n) is 17.9. The fraction of sp³-hybridized carbons (Fsp3) is 0.400. The van der Waals surface area contributed by atoms with E-state index in [1.165, 1.54) is 0 Å². The van der Waals surface area contributed by atoms with Crippen LogP contribution in [0.2, 0.25) is 0 Å². The van der Waals surface area contributed by atoms with E-state index in [1.807, 2.05) is 54.6 Å². The highest BCUT2D eigenvalue weighted by Crippen LogP contribution is 2.32. The molecule has 4 rings (SSSR count). The van der Waals surface area contributed by atoms with E-state index in [-0.39, 0.29) is 30.2 Å². The molecule has 0 aromatic heterocycles. The maximum absolute atomic E-state index is 13.1. The Hall–Kier alpha value is -3.35. The second-order valence-corrected chi connectivity index (χ2v) is 8.62. The van der Waals surface area contributed by atoms with Gasteiger partial charge in [-0.15, -0.1) is 0 Å². The van der Waals surface area contributed by atoms with Crippen LogP contribution in [-0.2, 0) is 20.8 Å². The van der Waals surface area contributed by atoms with E-state index in [0.29, 0.717) is 19.4 Å². The van der Waals surface area contributed by atoms with Gasteiger partial charge in [0.05, 0.1) is 11.8 Å². The lowest BCUT2D eigenvalue weighted by molar-refractivity contribution is -0.143. The lowest BCUT2D eigenvalue weighted by Gasteiger charge is -2.32. The number of rotatable bonds is 7. The summed E-state index contributed by atoms with van der Waals surface area (Å²) < 4.78 is 0. The standard InChI is InChI=1S/C25H29N3O4/c29-23(28-22(25(31)32)14-16-8-2-1-3-9-16)18-11-5-7-13-21(18)27-24(30)19-15-26-20-12-6-4-10-17(19)20/h1-4,6,8-10,12,18-19,21-22,26H,5,7,11,13-15H2,(H,27,30)(H,28,29)(H,31,32)/t18-,19?,21-,22+/m1/s1. The minimum atomic E-state index is -1.06. The molecule has 2 aromatic carbocycles. The summed E-state index contributed by atoms with van der Waals surface area (Å²) in [5.41, 5.74) is 2.78. The third-order valence-corrected chi connectivity index (χ3v) is 6.48. The summed E-state index contributed by atoms with van der Waals surface area (Å²) in [5.74, 6) is -2.18. The van der Waals surface area contributed by atoms with E-state index in [4.69, 9.17) is 0 Å². The average Bonchev–Trinajstić information content (AvgIpc) is 3.24. The van der Waals surface area contributed by atoms with E-state index in [2.05, 4.69) is 16.0 Å². The van der Waals surface area contributed by atoms with Crippen molar-refractivity contribution in [2.75, 3.05) is 11.9 Å². The lowest BCUT2D eigenvalue weighted by atomic mass is 9.83. The Morgan fingerprint density at radius 3 is 2.47 bits per heavy atom. The van der Waals surface area contributed by atoms with Gasteiger partial charge in [0.15, 0.2) is 0 Å². The van der Waals surface area contributed by atoms with Crippen LogP contribution < -0.4 is 16.0 Å². The van der Waals surface area contributed by atoms with E-state index in [1.54, 1.807) is 0 Å². The molecule has 1 saturated carbocycles. The minimum absolute atomic E-state index is 0.0915. The number of hydrogen-bond donors (Lipinski definition) is 4. The summed E-state index contributed by atoms with van der Waals surface area (Å²) in [6, 6.07) is 15.7. The average molecular weight is 436 g/mol. The van der Waals surface area contributed by atoms with E-state index in [9.17, 15) is 19.5 Å². The molecule has 1 aliphatic carbocycles. The maximum atomic E-state index is 13.1. The monoisotopic (exact) mass is 435 g/mol. The van der Waals surface area contributed by atoms with Crippen molar-refractivity contribution in [1.29, 1.82) is 0 Å². The Kier molecular flexibility index (Phi) is 6.73. The molecule has 1 heterocycles. The zero-order valence-corrected chi connectivity index (χ0v) is 17.9. The summed E-state index contributed by atoms with van der Waals surface area (Å²) in [4.78, 5) is 37.9. The van der Waals surface area contributed by atoms with Crippen LogP contribution in [0.3, 0.4) is 0 Å². The Morgan fingerprint density at radius 1 is 0.969 bits per heavy atom. The van der Waals surface area contributed by atoms with E-state index < -0.39 is 17.9 Å². The number of hydrogen-bond acceptors (Lipinski definition) is 4. The van der Waals surface area contributed by atoms with Gasteiger partial charge in [-0.05, 0) is 30.0 Å². The van der Waals surface area contributed by atoms with Gasteiger partial charge < -0.3 is 21.1 Å². The van der Waals surface area contributed by atoms with Crippen molar-refractivity contribution in [2.45, 2.75) is 50.1 Å². The summed E-state index contributed by atoms with van der Waals surface area (Å²) in [7, 11) is 0. The Bertz CT molecular complexity index is 978. The minimum Gasteiger partial charge on any atom is -0.480 e. The molecule has 32 heavy (non-hydrogen) atoms. The summed E-state index contributed by atoms with van der Waals surface area (Å²) >= 11 is 0. The van der Waals surface area contributed by atoms with Crippen molar-refractivity contribution in [2.24, 2.45) is 5.92 Å². The number of para-hydroxylation sites is 1. The quantitative estimate of drug-likeness (QED) is 0.535. The molecule has 7 heteroatoms. The van der Waals surface area contributed by atoms with E-state index >= 15 is 0 Å². The van der Waals surface area contributed by atoms with Crippen LogP contribution in [0.5, 0.6) is 0 Å². The highest BCUT2D eigenvalue weighted by molar-refractivity contribution is 5.90. The summed E-state index contributed by atoms with van der Waals surface area (Å²) in [6.45, 7) is 0.535. The predicted octanol–water partition coefficient (Wildman–Crippen LogP) is 2.68. The molecule has 2 amide bonds. The lowest BCUT2D eigenvalue weighted by Crippen LogP contribution is -2.52. The van der Waals surface area contributed by atoms with Crippen LogP contribution in [0.15, 0.2) is 54.6 Å². The van der Waals surface area contributed by atoms with Gasteiger partial charge in [-0.1, -0.05) is 61.4 Å². The van der Waals surface area contributed by atoms with Crippen molar-refractivity contribution < 1.29 is 19.5 Å². The Morgan fingerprint density at radius 2 is 1.69 bits per heavy atom. The molecule has 1 aliphatic heterocycles. The zero-order chi connectivity index (χ0) is 22.5. The van der Waals surface area contributed by atoms with Gasteiger partial charge in [-0.2, -0.15) is 0 Å². The van der Waals surface area contributed by atoms with Gasteiger partial charge >= 0.3 is 5.97 Å². The molecule has 4 atom stereocenters. The van der Waals surface area contributed by atoms with Gasteiger partial charge in [0.25, 0.3) is 0 Å². The van der Waals surface area contributed by atoms with Crippen molar-refractivity contribution in [3.63, 3.8) is 0 Å². The van der Waals surface area contributed by atoms with Crippen LogP contribution in [0.4, 0.5) is 5.69 Å². The van der Waals surface area contributed by atoms with Crippen LogP contribution in [0.25, 0.3) is 0 Å². The van der Waals surface area contributed by atoms with E-state index in [0.717, 1.165) is 29.7 Å². The number of carboxylic acid groups (broad SMARTS) is 1. The normalized spacial score (nSPS) is 22.8. The second-order valence-electron chi connectivity index (χ2n) is 8.62. The van der Waals surface area contributed by atoms with Crippen molar-refractivity contribution >= 4 is 23.5 Å². The highest BCUT2D eigenvalue weighted by Gasteiger charge is 2.36. The molecular weight excluding hydrogens is 406 g/mol. The Labute approximate surface area is 187 Å². The number of aliphatic carboxylic acids is 1. The molecule has 0 spiro atoms. The number of amides is 2. The third kappa shape index (κ3) is 4.93. The molecule has 2 aromatic rings. The maximum Gasteiger partial charge on any atom is 0.326 e. The fourth-order valence-electron chi connectivity index (χ4n) is 4.75. The molecule has 0 bridgehead atoms. The molecular formula is C25H29N3O4. The van der Waals surface area contributed by atoms with Crippen LogP contribution in [-0.4, -0.2) is 41.5 Å².